The Hall–Kier alpha value is -2.32. The number of aromatic nitrogens is 4. The number of ether oxygens (including phenoxy) is 1. The molecular weight excluding hydrogens is 373 g/mol. The summed E-state index contributed by atoms with van der Waals surface area (Å²) >= 11 is 0. The predicted molar refractivity (Wildman–Crippen MR) is 106 cm³/mol. The molecule has 2 aromatic heterocycles. The zero-order valence-corrected chi connectivity index (χ0v) is 16.6. The van der Waals surface area contributed by atoms with Gasteiger partial charge in [-0.3, -0.25) is 0 Å². The van der Waals surface area contributed by atoms with Crippen molar-refractivity contribution in [3.63, 3.8) is 0 Å². The van der Waals surface area contributed by atoms with Crippen LogP contribution in [0.2, 0.25) is 0 Å². The van der Waals surface area contributed by atoms with Crippen LogP contribution in [0, 0.1) is 11.7 Å². The minimum atomic E-state index is -0.303. The molecule has 0 bridgehead atoms. The van der Waals surface area contributed by atoms with E-state index in [9.17, 15) is 4.39 Å². The molecule has 0 radical (unpaired) electrons. The van der Waals surface area contributed by atoms with Gasteiger partial charge in [-0.25, -0.2) is 4.39 Å². The van der Waals surface area contributed by atoms with E-state index in [1.807, 2.05) is 6.92 Å². The van der Waals surface area contributed by atoms with E-state index in [1.54, 1.807) is 10.7 Å². The molecule has 1 aliphatic heterocycles. The van der Waals surface area contributed by atoms with Crippen molar-refractivity contribution < 1.29 is 13.7 Å². The van der Waals surface area contributed by atoms with Crippen molar-refractivity contribution in [1.82, 2.24) is 25.2 Å². The second kappa shape index (κ2) is 7.84. The lowest BCUT2D eigenvalue weighted by Crippen LogP contribution is -2.43. The third-order valence-corrected chi connectivity index (χ3v) is 6.20. The second-order valence-electron chi connectivity index (χ2n) is 8.14. The van der Waals surface area contributed by atoms with Gasteiger partial charge in [0.2, 0.25) is 5.89 Å². The fourth-order valence-corrected chi connectivity index (χ4v) is 4.31. The van der Waals surface area contributed by atoms with Crippen molar-refractivity contribution in [2.75, 3.05) is 19.8 Å². The topological polar surface area (TPSA) is 78.0 Å². The summed E-state index contributed by atoms with van der Waals surface area (Å²) in [5, 5.41) is 13.3. The second-order valence-corrected chi connectivity index (χ2v) is 8.14. The lowest BCUT2D eigenvalue weighted by molar-refractivity contribution is 0.0637. The first-order valence-electron chi connectivity index (χ1n) is 10.5. The Labute approximate surface area is 168 Å². The Morgan fingerprint density at radius 1 is 1.24 bits per heavy atom. The van der Waals surface area contributed by atoms with Crippen LogP contribution in [0.5, 0.6) is 0 Å². The van der Waals surface area contributed by atoms with Crippen LogP contribution < -0.4 is 5.32 Å². The minimum absolute atomic E-state index is 0.271. The van der Waals surface area contributed by atoms with Gasteiger partial charge in [-0.1, -0.05) is 6.92 Å². The summed E-state index contributed by atoms with van der Waals surface area (Å²) in [7, 11) is 0. The molecular formula is C21H26FN5O2. The molecule has 1 saturated heterocycles. The predicted octanol–water partition coefficient (Wildman–Crippen LogP) is 3.37. The van der Waals surface area contributed by atoms with Gasteiger partial charge in [0.1, 0.15) is 5.82 Å². The average Bonchev–Trinajstić information content (AvgIpc) is 3.32. The van der Waals surface area contributed by atoms with Crippen molar-refractivity contribution >= 4 is 10.9 Å². The van der Waals surface area contributed by atoms with Crippen LogP contribution in [0.1, 0.15) is 50.1 Å². The Balaban J connectivity index is 1.25. The molecule has 0 spiro atoms. The van der Waals surface area contributed by atoms with Gasteiger partial charge in [0.15, 0.2) is 0 Å². The third-order valence-electron chi connectivity index (χ3n) is 6.20. The first-order chi connectivity index (χ1) is 14.2. The van der Waals surface area contributed by atoms with E-state index >= 15 is 0 Å². The Kier molecular flexibility index (Phi) is 5.05. The standard InChI is InChI=1S/C21H26FN5O2/c1-2-18-17-4-3-15(22)11-19(17)27(25-18)21-24-20(29-26-21)14-9-16(10-14)23-12-13-5-7-28-8-6-13/h3-4,11,13-14,16,23H,2,5-10,12H2,1H3. The highest BCUT2D eigenvalue weighted by Crippen LogP contribution is 2.36. The minimum Gasteiger partial charge on any atom is -0.381 e. The van der Waals surface area contributed by atoms with Crippen LogP contribution in [0.4, 0.5) is 4.39 Å². The maximum Gasteiger partial charge on any atom is 0.291 e. The molecule has 2 aliphatic rings. The van der Waals surface area contributed by atoms with E-state index in [1.165, 1.54) is 12.1 Å². The van der Waals surface area contributed by atoms with Crippen LogP contribution in [-0.2, 0) is 11.2 Å². The van der Waals surface area contributed by atoms with Crippen molar-refractivity contribution in [3.05, 3.63) is 35.6 Å². The SMILES string of the molecule is CCc1nn(-c2noc(C3CC(NCC4CCOCC4)C3)n2)c2cc(F)ccc12. The normalized spacial score (nSPS) is 22.8. The number of fused-ring (bicyclic) bond motifs is 1. The number of benzene rings is 1. The number of hydrogen-bond acceptors (Lipinski definition) is 6. The third kappa shape index (κ3) is 3.67. The molecule has 0 unspecified atom stereocenters. The lowest BCUT2D eigenvalue weighted by atomic mass is 9.80. The van der Waals surface area contributed by atoms with E-state index in [4.69, 9.17) is 9.26 Å². The van der Waals surface area contributed by atoms with Crippen LogP contribution in [0.3, 0.4) is 0 Å². The molecule has 0 amide bonds. The van der Waals surface area contributed by atoms with Gasteiger partial charge in [-0.05, 0) is 61.9 Å². The smallest absolute Gasteiger partial charge is 0.291 e. The molecule has 8 heteroatoms. The highest BCUT2D eigenvalue weighted by molar-refractivity contribution is 5.83. The maximum atomic E-state index is 13.8. The number of halogens is 1. The molecule has 0 atom stereocenters. The monoisotopic (exact) mass is 399 g/mol. The van der Waals surface area contributed by atoms with Gasteiger partial charge in [0.25, 0.3) is 5.95 Å². The van der Waals surface area contributed by atoms with Gasteiger partial charge in [-0.2, -0.15) is 14.8 Å². The quantitative estimate of drug-likeness (QED) is 0.685. The van der Waals surface area contributed by atoms with Gasteiger partial charge in [-0.15, -0.1) is 0 Å². The number of rotatable bonds is 6. The molecule has 154 valence electrons. The Morgan fingerprint density at radius 2 is 2.07 bits per heavy atom. The average molecular weight is 399 g/mol. The number of nitrogens with zero attached hydrogens (tertiary/aromatic N) is 4. The molecule has 1 saturated carbocycles. The molecule has 2 fully saturated rings. The van der Waals surface area contributed by atoms with E-state index in [2.05, 4.69) is 20.6 Å². The molecule has 1 aliphatic carbocycles. The van der Waals surface area contributed by atoms with Gasteiger partial charge < -0.3 is 14.6 Å². The van der Waals surface area contributed by atoms with E-state index in [0.717, 1.165) is 68.9 Å². The largest absolute Gasteiger partial charge is 0.381 e. The van der Waals surface area contributed by atoms with Crippen LogP contribution >= 0.6 is 0 Å². The number of aryl methyl sites for hydroxylation is 1. The van der Waals surface area contributed by atoms with Crippen molar-refractivity contribution in [3.8, 4) is 5.95 Å². The molecule has 5 rings (SSSR count). The highest BCUT2D eigenvalue weighted by Gasteiger charge is 2.35. The molecule has 1 aromatic carbocycles. The molecule has 3 aromatic rings. The van der Waals surface area contributed by atoms with E-state index in [0.29, 0.717) is 23.4 Å². The van der Waals surface area contributed by atoms with Crippen molar-refractivity contribution in [2.24, 2.45) is 5.92 Å². The van der Waals surface area contributed by atoms with Gasteiger partial charge in [0, 0.05) is 36.6 Å². The van der Waals surface area contributed by atoms with Crippen molar-refractivity contribution in [2.45, 2.75) is 51.0 Å². The molecule has 29 heavy (non-hydrogen) atoms. The van der Waals surface area contributed by atoms with Gasteiger partial charge in [0.05, 0.1) is 11.2 Å². The van der Waals surface area contributed by atoms with E-state index < -0.39 is 0 Å². The molecule has 1 N–H and O–H groups in total. The Bertz CT molecular complexity index is 988. The number of nitrogens with one attached hydrogen (secondary N) is 1. The fraction of sp³-hybridized carbons (Fsp3) is 0.571. The summed E-state index contributed by atoms with van der Waals surface area (Å²) in [6.45, 7) is 4.85. The van der Waals surface area contributed by atoms with E-state index in [-0.39, 0.29) is 11.7 Å². The zero-order chi connectivity index (χ0) is 19.8. The zero-order valence-electron chi connectivity index (χ0n) is 16.6. The summed E-state index contributed by atoms with van der Waals surface area (Å²) in [6.07, 6.45) is 5.05. The molecule has 3 heterocycles. The van der Waals surface area contributed by atoms with Crippen LogP contribution in [0.25, 0.3) is 16.9 Å². The van der Waals surface area contributed by atoms with Crippen molar-refractivity contribution in [1.29, 1.82) is 0 Å². The summed E-state index contributed by atoms with van der Waals surface area (Å²) in [6, 6.07) is 5.19. The van der Waals surface area contributed by atoms with Crippen LogP contribution in [0.15, 0.2) is 22.7 Å². The van der Waals surface area contributed by atoms with Crippen LogP contribution in [-0.4, -0.2) is 45.7 Å². The first kappa shape index (κ1) is 18.7. The summed E-state index contributed by atoms with van der Waals surface area (Å²) in [4.78, 5) is 4.57. The summed E-state index contributed by atoms with van der Waals surface area (Å²) in [5.41, 5.74) is 1.56. The highest BCUT2D eigenvalue weighted by atomic mass is 19.1. The Morgan fingerprint density at radius 3 is 2.86 bits per heavy atom. The van der Waals surface area contributed by atoms with Gasteiger partial charge >= 0.3 is 0 Å². The number of hydrogen-bond donors (Lipinski definition) is 1. The lowest BCUT2D eigenvalue weighted by Gasteiger charge is -2.35. The fourth-order valence-electron chi connectivity index (χ4n) is 4.31. The summed E-state index contributed by atoms with van der Waals surface area (Å²) < 4.78 is 26.3. The molecule has 7 nitrogen and oxygen atoms in total. The maximum absolute atomic E-state index is 13.8. The summed E-state index contributed by atoms with van der Waals surface area (Å²) in [5.74, 6) is 1.70. The first-order valence-corrected chi connectivity index (χ1v) is 10.5.